The second kappa shape index (κ2) is 8.22. The molecule has 9 heteroatoms. The van der Waals surface area contributed by atoms with E-state index in [1.54, 1.807) is 39.0 Å². The first kappa shape index (κ1) is 22.8. The van der Waals surface area contributed by atoms with E-state index < -0.39 is 17.3 Å². The molecule has 33 heavy (non-hydrogen) atoms. The number of nitrogens with zero attached hydrogens (tertiary/aromatic N) is 2. The number of hydrogen-bond donors (Lipinski definition) is 0. The smallest absolute Gasteiger partial charge is 0.416 e. The monoisotopic (exact) mass is 460 g/mol. The van der Waals surface area contributed by atoms with Crippen LogP contribution in [-0.4, -0.2) is 41.0 Å². The van der Waals surface area contributed by atoms with Gasteiger partial charge in [-0.15, -0.1) is 0 Å². The third kappa shape index (κ3) is 4.08. The normalized spacial score (nSPS) is 16.9. The highest BCUT2D eigenvalue weighted by molar-refractivity contribution is 6.04. The first-order chi connectivity index (χ1) is 15.6. The molecule has 0 spiro atoms. The fraction of sp³-hybridized carbons (Fsp3) is 0.333. The predicted octanol–water partition coefficient (Wildman–Crippen LogP) is 4.65. The van der Waals surface area contributed by atoms with Crippen LogP contribution in [0.3, 0.4) is 0 Å². The van der Waals surface area contributed by atoms with Crippen LogP contribution in [-0.2, 0) is 22.4 Å². The summed E-state index contributed by atoms with van der Waals surface area (Å²) in [6, 6.07) is 10.2. The number of benzene rings is 2. The molecule has 0 aromatic heterocycles. The van der Waals surface area contributed by atoms with E-state index in [-0.39, 0.29) is 36.9 Å². The number of alkyl halides is 3. The molecule has 0 saturated heterocycles. The molecular formula is C24H23F3N2O4. The molecule has 0 saturated carbocycles. The summed E-state index contributed by atoms with van der Waals surface area (Å²) in [4.78, 5) is 31.7. The lowest BCUT2D eigenvalue weighted by Gasteiger charge is -2.40. The van der Waals surface area contributed by atoms with Gasteiger partial charge in [0.1, 0.15) is 11.4 Å². The lowest BCUT2D eigenvalue weighted by atomic mass is 9.88. The molecule has 2 aromatic carbocycles. The second-order valence-electron chi connectivity index (χ2n) is 8.30. The number of carbonyl (C=O) groups excluding carboxylic acids is 2. The summed E-state index contributed by atoms with van der Waals surface area (Å²) in [6.45, 7) is 5.51. The molecule has 2 aromatic rings. The lowest BCUT2D eigenvalue weighted by molar-refractivity contribution is -0.168. The van der Waals surface area contributed by atoms with Crippen LogP contribution < -0.4 is 4.74 Å². The number of fused-ring (bicyclic) bond motifs is 2. The number of rotatable bonds is 6. The zero-order valence-electron chi connectivity index (χ0n) is 18.4. The Labute approximate surface area is 189 Å². The minimum atomic E-state index is -4.58. The van der Waals surface area contributed by atoms with Crippen LogP contribution >= 0.6 is 0 Å². The molecule has 0 radical (unpaired) electrons. The Morgan fingerprint density at radius 3 is 2.55 bits per heavy atom. The van der Waals surface area contributed by atoms with Gasteiger partial charge in [0.25, 0.3) is 5.91 Å². The van der Waals surface area contributed by atoms with Crippen molar-refractivity contribution < 1.29 is 32.3 Å². The molecule has 0 unspecified atom stereocenters. The van der Waals surface area contributed by atoms with Gasteiger partial charge in [-0.2, -0.15) is 13.2 Å². The van der Waals surface area contributed by atoms with Gasteiger partial charge >= 0.3 is 6.18 Å². The Morgan fingerprint density at radius 1 is 1.18 bits per heavy atom. The van der Waals surface area contributed by atoms with Gasteiger partial charge in [-0.1, -0.05) is 18.2 Å². The highest BCUT2D eigenvalue weighted by atomic mass is 19.4. The van der Waals surface area contributed by atoms with Crippen molar-refractivity contribution in [2.24, 2.45) is 0 Å². The maximum Gasteiger partial charge on any atom is 0.416 e. The highest BCUT2D eigenvalue weighted by Gasteiger charge is 2.43. The molecule has 0 N–H and O–H groups in total. The number of ether oxygens (including phenoxy) is 1. The number of amides is 2. The van der Waals surface area contributed by atoms with Gasteiger partial charge in [0.15, 0.2) is 0 Å². The first-order valence-corrected chi connectivity index (χ1v) is 10.5. The SMILES string of the molecule is CCON(C=O)CC1=C(N2Cc3ccccc3C2=O)c2cc(C(F)(F)F)ccc2OC1(C)C. The molecule has 0 bridgehead atoms. The van der Waals surface area contributed by atoms with Gasteiger partial charge in [-0.25, -0.2) is 5.06 Å². The molecular weight excluding hydrogens is 437 g/mol. The topological polar surface area (TPSA) is 59.1 Å². The maximum atomic E-state index is 13.6. The van der Waals surface area contributed by atoms with E-state index in [0.29, 0.717) is 23.2 Å². The average molecular weight is 460 g/mol. The maximum absolute atomic E-state index is 13.6. The summed E-state index contributed by atoms with van der Waals surface area (Å²) in [5.41, 5.74) is 0.250. The Kier molecular flexibility index (Phi) is 5.69. The van der Waals surface area contributed by atoms with E-state index in [0.717, 1.165) is 22.8 Å². The standard InChI is InChI=1S/C24H23F3N2O4/c1-4-32-28(14-30)13-19-21(29-12-15-7-5-6-8-17(15)22(29)31)18-11-16(24(25,26)27)9-10-20(18)33-23(19,2)3/h5-11,14H,4,12-13H2,1-3H3. The Morgan fingerprint density at radius 2 is 1.91 bits per heavy atom. The first-order valence-electron chi connectivity index (χ1n) is 10.5. The van der Waals surface area contributed by atoms with Crippen LogP contribution in [0.4, 0.5) is 13.2 Å². The van der Waals surface area contributed by atoms with E-state index in [2.05, 4.69) is 0 Å². The molecule has 0 atom stereocenters. The van der Waals surface area contributed by atoms with Crippen LogP contribution in [0.1, 0.15) is 47.8 Å². The van der Waals surface area contributed by atoms with Crippen molar-refractivity contribution in [1.82, 2.24) is 9.96 Å². The third-order valence-corrected chi connectivity index (χ3v) is 5.76. The summed E-state index contributed by atoms with van der Waals surface area (Å²) in [5, 5.41) is 1.05. The average Bonchev–Trinajstić information content (AvgIpc) is 3.08. The molecule has 2 aliphatic heterocycles. The van der Waals surface area contributed by atoms with Crippen molar-refractivity contribution in [1.29, 1.82) is 0 Å². The molecule has 0 fully saturated rings. The van der Waals surface area contributed by atoms with Gasteiger partial charge in [0, 0.05) is 16.7 Å². The van der Waals surface area contributed by atoms with Gasteiger partial charge in [0.05, 0.1) is 31.0 Å². The minimum Gasteiger partial charge on any atom is -0.483 e. The summed E-state index contributed by atoms with van der Waals surface area (Å²) < 4.78 is 46.7. The minimum absolute atomic E-state index is 0.0878. The Hall–Kier alpha value is -3.33. The molecule has 174 valence electrons. The molecule has 2 heterocycles. The number of hydroxylamine groups is 2. The fourth-order valence-electron chi connectivity index (χ4n) is 4.21. The lowest BCUT2D eigenvalue weighted by Crippen LogP contribution is -2.43. The van der Waals surface area contributed by atoms with Crippen LogP contribution in [0.5, 0.6) is 5.75 Å². The summed E-state index contributed by atoms with van der Waals surface area (Å²) in [7, 11) is 0. The van der Waals surface area contributed by atoms with Gasteiger partial charge in [0.2, 0.25) is 6.41 Å². The fourth-order valence-corrected chi connectivity index (χ4v) is 4.21. The van der Waals surface area contributed by atoms with Crippen LogP contribution in [0, 0.1) is 0 Å². The van der Waals surface area contributed by atoms with Gasteiger partial charge < -0.3 is 9.64 Å². The molecule has 6 nitrogen and oxygen atoms in total. The quantitative estimate of drug-likeness (QED) is 0.465. The zero-order chi connectivity index (χ0) is 24.0. The zero-order valence-corrected chi connectivity index (χ0v) is 18.4. The van der Waals surface area contributed by atoms with Crippen molar-refractivity contribution >= 4 is 18.0 Å². The molecule has 4 rings (SSSR count). The third-order valence-electron chi connectivity index (χ3n) is 5.76. The summed E-state index contributed by atoms with van der Waals surface area (Å²) in [6.07, 6.45) is -4.09. The van der Waals surface area contributed by atoms with Crippen molar-refractivity contribution in [3.8, 4) is 5.75 Å². The summed E-state index contributed by atoms with van der Waals surface area (Å²) in [5.74, 6) is -0.0993. The van der Waals surface area contributed by atoms with E-state index >= 15 is 0 Å². The van der Waals surface area contributed by atoms with Crippen LogP contribution in [0.2, 0.25) is 0 Å². The number of halogens is 3. The van der Waals surface area contributed by atoms with E-state index in [1.165, 1.54) is 11.0 Å². The van der Waals surface area contributed by atoms with Gasteiger partial charge in [-0.3, -0.25) is 14.4 Å². The van der Waals surface area contributed by atoms with Crippen LogP contribution in [0.15, 0.2) is 48.0 Å². The number of carbonyl (C=O) groups is 2. The van der Waals surface area contributed by atoms with E-state index in [9.17, 15) is 22.8 Å². The molecule has 2 aliphatic rings. The van der Waals surface area contributed by atoms with Crippen molar-refractivity contribution in [2.75, 3.05) is 13.2 Å². The van der Waals surface area contributed by atoms with E-state index in [1.807, 2.05) is 6.07 Å². The van der Waals surface area contributed by atoms with Crippen molar-refractivity contribution in [3.05, 3.63) is 70.3 Å². The summed E-state index contributed by atoms with van der Waals surface area (Å²) >= 11 is 0. The molecule has 0 aliphatic carbocycles. The Bertz CT molecular complexity index is 1140. The predicted molar refractivity (Wildman–Crippen MR) is 114 cm³/mol. The highest BCUT2D eigenvalue weighted by Crippen LogP contribution is 2.46. The van der Waals surface area contributed by atoms with Crippen molar-refractivity contribution in [3.63, 3.8) is 0 Å². The molecule has 2 amide bonds. The second-order valence-corrected chi connectivity index (χ2v) is 8.30. The van der Waals surface area contributed by atoms with Gasteiger partial charge in [-0.05, 0) is 50.6 Å². The van der Waals surface area contributed by atoms with E-state index in [4.69, 9.17) is 9.57 Å². The van der Waals surface area contributed by atoms with Crippen molar-refractivity contribution in [2.45, 2.75) is 39.1 Å². The number of hydrogen-bond acceptors (Lipinski definition) is 4. The van der Waals surface area contributed by atoms with Crippen LogP contribution in [0.25, 0.3) is 5.70 Å². The largest absolute Gasteiger partial charge is 0.483 e. The Balaban J connectivity index is 1.94.